The minimum Gasteiger partial charge on any atom is -0.480 e. The SMILES string of the molecule is CC1(C)SCCN(S(=O)(=O)c2ccc(-c3ccsc3C=O)cc2)[C@H]1C(=O)O. The third kappa shape index (κ3) is 3.69. The van der Waals surface area contributed by atoms with E-state index in [-0.39, 0.29) is 11.4 Å². The lowest BCUT2D eigenvalue weighted by atomic mass is 10.0. The molecule has 1 atom stereocenters. The first kappa shape index (κ1) is 20.1. The molecule has 0 spiro atoms. The van der Waals surface area contributed by atoms with E-state index in [1.54, 1.807) is 31.4 Å². The molecule has 0 aliphatic carbocycles. The maximum atomic E-state index is 13.1. The molecular formula is C18H19NO5S3. The van der Waals surface area contributed by atoms with Gasteiger partial charge in [0.05, 0.1) is 9.77 Å². The molecular weight excluding hydrogens is 406 g/mol. The number of rotatable bonds is 5. The van der Waals surface area contributed by atoms with Gasteiger partial charge in [0.15, 0.2) is 6.29 Å². The van der Waals surface area contributed by atoms with Crippen molar-refractivity contribution in [3.8, 4) is 11.1 Å². The third-order valence-electron chi connectivity index (χ3n) is 4.54. The van der Waals surface area contributed by atoms with Crippen LogP contribution in [0.5, 0.6) is 0 Å². The Morgan fingerprint density at radius 3 is 2.52 bits per heavy atom. The summed E-state index contributed by atoms with van der Waals surface area (Å²) < 4.78 is 26.6. The number of sulfonamides is 1. The first-order valence-electron chi connectivity index (χ1n) is 8.20. The van der Waals surface area contributed by atoms with Gasteiger partial charge in [0.25, 0.3) is 0 Å². The number of aliphatic carboxylic acids is 1. The van der Waals surface area contributed by atoms with E-state index in [0.717, 1.165) is 21.7 Å². The molecule has 0 bridgehead atoms. The van der Waals surface area contributed by atoms with Crippen LogP contribution in [-0.4, -0.2) is 53.2 Å². The van der Waals surface area contributed by atoms with E-state index in [4.69, 9.17) is 0 Å². The first-order chi connectivity index (χ1) is 12.7. The number of carboxylic acids is 1. The molecule has 2 aromatic rings. The average Bonchev–Trinajstić information content (AvgIpc) is 3.09. The molecule has 0 unspecified atom stereocenters. The van der Waals surface area contributed by atoms with Gasteiger partial charge in [-0.05, 0) is 43.0 Å². The Labute approximate surface area is 166 Å². The van der Waals surface area contributed by atoms with Crippen LogP contribution >= 0.6 is 23.1 Å². The third-order valence-corrected chi connectivity index (χ3v) is 8.62. The van der Waals surface area contributed by atoms with Crippen molar-refractivity contribution in [1.29, 1.82) is 0 Å². The van der Waals surface area contributed by atoms with Crippen molar-refractivity contribution in [2.24, 2.45) is 0 Å². The van der Waals surface area contributed by atoms with E-state index in [0.29, 0.717) is 10.6 Å². The molecule has 1 saturated heterocycles. The average molecular weight is 426 g/mol. The fourth-order valence-electron chi connectivity index (χ4n) is 3.23. The Balaban J connectivity index is 1.97. The van der Waals surface area contributed by atoms with E-state index in [1.807, 2.05) is 6.07 Å². The van der Waals surface area contributed by atoms with Gasteiger partial charge in [-0.3, -0.25) is 9.59 Å². The Bertz CT molecular complexity index is 963. The topological polar surface area (TPSA) is 91.8 Å². The van der Waals surface area contributed by atoms with Crippen LogP contribution < -0.4 is 0 Å². The van der Waals surface area contributed by atoms with Gasteiger partial charge >= 0.3 is 5.97 Å². The lowest BCUT2D eigenvalue weighted by molar-refractivity contribution is -0.142. The van der Waals surface area contributed by atoms with Gasteiger partial charge in [-0.15, -0.1) is 11.3 Å². The zero-order valence-corrected chi connectivity index (χ0v) is 17.2. The molecule has 1 aromatic carbocycles. The van der Waals surface area contributed by atoms with Gasteiger partial charge in [-0.25, -0.2) is 8.42 Å². The minimum absolute atomic E-state index is 0.0445. The lowest BCUT2D eigenvalue weighted by Crippen LogP contribution is -2.58. The predicted molar refractivity (Wildman–Crippen MR) is 107 cm³/mol. The molecule has 6 nitrogen and oxygen atoms in total. The number of carbonyl (C=O) groups excluding carboxylic acids is 1. The number of benzene rings is 1. The van der Waals surface area contributed by atoms with Gasteiger partial charge in [-0.2, -0.15) is 16.1 Å². The maximum absolute atomic E-state index is 13.1. The zero-order chi connectivity index (χ0) is 19.8. The van der Waals surface area contributed by atoms with Crippen molar-refractivity contribution in [1.82, 2.24) is 4.31 Å². The van der Waals surface area contributed by atoms with Crippen LogP contribution in [0.4, 0.5) is 0 Å². The maximum Gasteiger partial charge on any atom is 0.323 e. The molecule has 27 heavy (non-hydrogen) atoms. The summed E-state index contributed by atoms with van der Waals surface area (Å²) in [7, 11) is -3.96. The molecule has 0 saturated carbocycles. The van der Waals surface area contributed by atoms with Crippen LogP contribution in [0.2, 0.25) is 0 Å². The highest BCUT2D eigenvalue weighted by Gasteiger charge is 2.48. The molecule has 144 valence electrons. The first-order valence-corrected chi connectivity index (χ1v) is 11.5. The summed E-state index contributed by atoms with van der Waals surface area (Å²) in [5, 5.41) is 11.4. The molecule has 1 N–H and O–H groups in total. The summed E-state index contributed by atoms with van der Waals surface area (Å²) in [6.07, 6.45) is 0.773. The summed E-state index contributed by atoms with van der Waals surface area (Å²) in [5.74, 6) is -0.618. The number of hydrogen-bond donors (Lipinski definition) is 1. The Morgan fingerprint density at radius 2 is 1.93 bits per heavy atom. The highest BCUT2D eigenvalue weighted by Crippen LogP contribution is 2.38. The second kappa shape index (κ2) is 7.38. The normalized spacial score (nSPS) is 20.3. The second-order valence-corrected chi connectivity index (χ2v) is 11.2. The summed E-state index contributed by atoms with van der Waals surface area (Å²) in [6, 6.07) is 6.88. The van der Waals surface area contributed by atoms with Gasteiger partial charge in [-0.1, -0.05) is 12.1 Å². The van der Waals surface area contributed by atoms with E-state index >= 15 is 0 Å². The fraction of sp³-hybridized carbons (Fsp3) is 0.333. The van der Waals surface area contributed by atoms with Crippen LogP contribution in [0, 0.1) is 0 Å². The lowest BCUT2D eigenvalue weighted by Gasteiger charge is -2.42. The second-order valence-electron chi connectivity index (χ2n) is 6.65. The molecule has 1 aliphatic rings. The number of thioether (sulfide) groups is 1. The van der Waals surface area contributed by atoms with Crippen LogP contribution in [0.15, 0.2) is 40.6 Å². The largest absolute Gasteiger partial charge is 0.480 e. The molecule has 1 fully saturated rings. The van der Waals surface area contributed by atoms with Gasteiger partial charge < -0.3 is 5.11 Å². The van der Waals surface area contributed by atoms with Gasteiger partial charge in [0.1, 0.15) is 6.04 Å². The number of hydrogen-bond acceptors (Lipinski definition) is 6. The molecule has 0 amide bonds. The zero-order valence-electron chi connectivity index (χ0n) is 14.8. The minimum atomic E-state index is -3.96. The molecule has 1 aromatic heterocycles. The highest BCUT2D eigenvalue weighted by molar-refractivity contribution is 8.00. The van der Waals surface area contributed by atoms with Crippen LogP contribution in [-0.2, 0) is 14.8 Å². The van der Waals surface area contributed by atoms with Crippen LogP contribution in [0.1, 0.15) is 23.5 Å². The number of nitrogens with zero attached hydrogens (tertiary/aromatic N) is 1. The van der Waals surface area contributed by atoms with Crippen molar-refractivity contribution >= 4 is 45.4 Å². The van der Waals surface area contributed by atoms with Gasteiger partial charge in [0, 0.05) is 22.6 Å². The van der Waals surface area contributed by atoms with E-state index in [1.165, 1.54) is 35.2 Å². The quantitative estimate of drug-likeness (QED) is 0.740. The van der Waals surface area contributed by atoms with Crippen molar-refractivity contribution in [2.45, 2.75) is 29.5 Å². The highest BCUT2D eigenvalue weighted by atomic mass is 32.2. The number of aldehydes is 1. The summed E-state index contributed by atoms with van der Waals surface area (Å²) in [6.45, 7) is 3.65. The van der Waals surface area contributed by atoms with Crippen molar-refractivity contribution < 1.29 is 23.1 Å². The van der Waals surface area contributed by atoms with E-state index in [2.05, 4.69) is 0 Å². The molecule has 2 heterocycles. The molecule has 9 heteroatoms. The summed E-state index contributed by atoms with van der Waals surface area (Å²) in [5.41, 5.74) is 1.49. The van der Waals surface area contributed by atoms with Crippen molar-refractivity contribution in [3.05, 3.63) is 40.6 Å². The smallest absolute Gasteiger partial charge is 0.323 e. The Kier molecular flexibility index (Phi) is 5.49. The molecule has 0 radical (unpaired) electrons. The Morgan fingerprint density at radius 1 is 1.26 bits per heavy atom. The number of carboxylic acid groups (broad SMARTS) is 1. The summed E-state index contributed by atoms with van der Waals surface area (Å²) in [4.78, 5) is 23.5. The number of thiophene rings is 1. The Hall–Kier alpha value is -1.68. The monoisotopic (exact) mass is 425 g/mol. The summed E-state index contributed by atoms with van der Waals surface area (Å²) >= 11 is 2.78. The van der Waals surface area contributed by atoms with Gasteiger partial charge in [0.2, 0.25) is 10.0 Å². The van der Waals surface area contributed by atoms with Crippen LogP contribution in [0.25, 0.3) is 11.1 Å². The fourth-order valence-corrected chi connectivity index (χ4v) is 7.04. The predicted octanol–water partition coefficient (Wildman–Crippen LogP) is 3.20. The number of carbonyl (C=O) groups is 2. The molecule has 1 aliphatic heterocycles. The van der Waals surface area contributed by atoms with Crippen molar-refractivity contribution in [3.63, 3.8) is 0 Å². The standard InChI is InChI=1S/C18H19NO5S3/c1-18(2)16(17(21)22)19(8-10-26-18)27(23,24)13-5-3-12(4-6-13)14-7-9-25-15(14)11-20/h3-7,9,11,16H,8,10H2,1-2H3,(H,21,22)/t16-/m0/s1. The van der Waals surface area contributed by atoms with E-state index < -0.39 is 26.8 Å². The van der Waals surface area contributed by atoms with Crippen LogP contribution in [0.3, 0.4) is 0 Å². The van der Waals surface area contributed by atoms with E-state index in [9.17, 15) is 23.1 Å². The molecule has 3 rings (SSSR count). The van der Waals surface area contributed by atoms with Crippen molar-refractivity contribution in [2.75, 3.05) is 12.3 Å².